The zero-order valence-corrected chi connectivity index (χ0v) is 10.7. The van der Waals surface area contributed by atoms with Gasteiger partial charge in [0.1, 0.15) is 0 Å². The number of carbonyl (C=O) groups excluding carboxylic acids is 1. The van der Waals surface area contributed by atoms with Gasteiger partial charge in [-0.25, -0.2) is 10.6 Å². The maximum atomic E-state index is 11.5. The summed E-state index contributed by atoms with van der Waals surface area (Å²) in [6.07, 6.45) is 2.35. The van der Waals surface area contributed by atoms with Crippen LogP contribution in [0.3, 0.4) is 0 Å². The van der Waals surface area contributed by atoms with Gasteiger partial charge >= 0.3 is 12.0 Å². The molecule has 8 heteroatoms. The van der Waals surface area contributed by atoms with Gasteiger partial charge in [0, 0.05) is 17.4 Å². The molecule has 2 saturated heterocycles. The van der Waals surface area contributed by atoms with Crippen molar-refractivity contribution in [3.05, 3.63) is 0 Å². The predicted molar refractivity (Wildman–Crippen MR) is 65.0 cm³/mol. The van der Waals surface area contributed by atoms with Gasteiger partial charge in [0.15, 0.2) is 0 Å². The number of hydrazine groups is 1. The second-order valence-corrected chi connectivity index (χ2v) is 5.88. The van der Waals surface area contributed by atoms with Crippen molar-refractivity contribution in [3.63, 3.8) is 0 Å². The third kappa shape index (κ3) is 2.40. The number of carbonyl (C=O) groups is 2. The van der Waals surface area contributed by atoms with E-state index in [4.69, 9.17) is 10.9 Å². The minimum absolute atomic E-state index is 0.131. The van der Waals surface area contributed by atoms with E-state index in [1.54, 1.807) is 11.8 Å². The van der Waals surface area contributed by atoms with Crippen molar-refractivity contribution >= 4 is 23.8 Å². The first kappa shape index (κ1) is 13.4. The van der Waals surface area contributed by atoms with Gasteiger partial charge < -0.3 is 5.11 Å². The molecule has 0 unspecified atom stereocenters. The number of nitrogens with two attached hydrogens (primary N) is 1. The van der Waals surface area contributed by atoms with Crippen LogP contribution in [-0.2, 0) is 4.79 Å². The van der Waals surface area contributed by atoms with Crippen molar-refractivity contribution in [3.8, 4) is 0 Å². The molecule has 0 aliphatic carbocycles. The molecular weight excluding hydrogens is 258 g/mol. The summed E-state index contributed by atoms with van der Waals surface area (Å²) in [6, 6.07) is -0.963. The van der Waals surface area contributed by atoms with Crippen molar-refractivity contribution < 1.29 is 19.9 Å². The molecule has 2 fully saturated rings. The first-order chi connectivity index (χ1) is 8.52. The van der Waals surface area contributed by atoms with Crippen LogP contribution in [0.4, 0.5) is 4.79 Å². The van der Waals surface area contributed by atoms with E-state index in [1.165, 1.54) is 0 Å². The molecule has 0 spiro atoms. The summed E-state index contributed by atoms with van der Waals surface area (Å²) >= 11 is 1.68. The number of aliphatic carboxylic acids is 1. The number of hydroxylamine groups is 2. The van der Waals surface area contributed by atoms with Crippen LogP contribution in [0, 0.1) is 0 Å². The van der Waals surface area contributed by atoms with Gasteiger partial charge in [-0.05, 0) is 12.8 Å². The normalized spacial score (nSPS) is 31.0. The number of amides is 2. The quantitative estimate of drug-likeness (QED) is 0.221. The number of thioether (sulfide) groups is 1. The molecule has 3 atom stereocenters. The predicted octanol–water partition coefficient (Wildman–Crippen LogP) is 0.484. The molecule has 2 rings (SSSR count). The number of urea groups is 1. The number of hydrogen-bond donors (Lipinski definition) is 3. The molecular formula is C10H17N3O4S. The van der Waals surface area contributed by atoms with Crippen molar-refractivity contribution in [2.75, 3.05) is 5.75 Å². The average Bonchev–Trinajstić information content (AvgIpc) is 2.82. The largest absolute Gasteiger partial charge is 0.481 e. The van der Waals surface area contributed by atoms with Gasteiger partial charge in [-0.15, -0.1) is 0 Å². The van der Waals surface area contributed by atoms with Gasteiger partial charge in [-0.1, -0.05) is 6.42 Å². The van der Waals surface area contributed by atoms with Gasteiger partial charge in [0.2, 0.25) is 0 Å². The molecule has 18 heavy (non-hydrogen) atoms. The van der Waals surface area contributed by atoms with E-state index >= 15 is 0 Å². The summed E-state index contributed by atoms with van der Waals surface area (Å²) in [6.45, 7) is 0. The standard InChI is InChI=1S/C10H17N3O4S/c11-12-6-5-18-7(3-1-2-4-8(14)15)9(6)13(17)10(12)16/h6-7,9,17H,1-5,11H2,(H,14,15)/t6-,7-,9-/m1/s1. The van der Waals surface area contributed by atoms with Crippen LogP contribution >= 0.6 is 11.8 Å². The van der Waals surface area contributed by atoms with Gasteiger partial charge in [0.05, 0.1) is 12.1 Å². The van der Waals surface area contributed by atoms with Crippen molar-refractivity contribution in [2.45, 2.75) is 43.0 Å². The Morgan fingerprint density at radius 3 is 2.89 bits per heavy atom. The SMILES string of the molecule is NN1C(=O)N(O)[C@@H]2[C@H]1CS[C@@H]2CCCCC(=O)O. The second-order valence-electron chi connectivity index (χ2n) is 4.60. The van der Waals surface area contributed by atoms with Crippen LogP contribution < -0.4 is 5.84 Å². The van der Waals surface area contributed by atoms with Crippen LogP contribution in [0.15, 0.2) is 0 Å². The zero-order valence-electron chi connectivity index (χ0n) is 9.86. The molecule has 0 bridgehead atoms. The highest BCUT2D eigenvalue weighted by atomic mass is 32.2. The van der Waals surface area contributed by atoms with E-state index in [1.807, 2.05) is 0 Å². The summed E-state index contributed by atoms with van der Waals surface area (Å²) in [7, 11) is 0. The summed E-state index contributed by atoms with van der Waals surface area (Å²) < 4.78 is 0. The lowest BCUT2D eigenvalue weighted by atomic mass is 10.0. The minimum Gasteiger partial charge on any atom is -0.481 e. The maximum Gasteiger partial charge on any atom is 0.358 e. The number of hydrogen-bond acceptors (Lipinski definition) is 5. The highest BCUT2D eigenvalue weighted by Gasteiger charge is 2.52. The van der Waals surface area contributed by atoms with E-state index in [0.717, 1.165) is 22.9 Å². The maximum absolute atomic E-state index is 11.5. The zero-order chi connectivity index (χ0) is 13.3. The Kier molecular flexibility index (Phi) is 3.98. The molecule has 0 aromatic rings. The Balaban J connectivity index is 1.84. The van der Waals surface area contributed by atoms with E-state index in [0.29, 0.717) is 12.2 Å². The molecule has 2 heterocycles. The summed E-state index contributed by atoms with van der Waals surface area (Å²) in [5.74, 6) is 5.53. The number of unbranched alkanes of at least 4 members (excludes halogenated alkanes) is 1. The molecule has 0 radical (unpaired) electrons. The van der Waals surface area contributed by atoms with Crippen LogP contribution in [-0.4, -0.2) is 55.5 Å². The molecule has 4 N–H and O–H groups in total. The Hall–Kier alpha value is -0.990. The second kappa shape index (κ2) is 5.33. The Morgan fingerprint density at radius 2 is 2.22 bits per heavy atom. The number of fused-ring (bicyclic) bond motifs is 1. The molecule has 0 aromatic carbocycles. The molecule has 0 aromatic heterocycles. The highest BCUT2D eigenvalue weighted by molar-refractivity contribution is 8.00. The fraction of sp³-hybridized carbons (Fsp3) is 0.800. The van der Waals surface area contributed by atoms with E-state index in [-0.39, 0.29) is 23.8 Å². The molecule has 102 valence electrons. The Bertz CT molecular complexity index is 354. The van der Waals surface area contributed by atoms with E-state index in [2.05, 4.69) is 0 Å². The molecule has 2 aliphatic rings. The monoisotopic (exact) mass is 275 g/mol. The average molecular weight is 275 g/mol. The summed E-state index contributed by atoms with van der Waals surface area (Å²) in [5.41, 5.74) is 0. The summed E-state index contributed by atoms with van der Waals surface area (Å²) in [4.78, 5) is 21.9. The lowest BCUT2D eigenvalue weighted by Gasteiger charge is -2.21. The first-order valence-electron chi connectivity index (χ1n) is 5.91. The van der Waals surface area contributed by atoms with E-state index in [9.17, 15) is 14.8 Å². The van der Waals surface area contributed by atoms with Crippen molar-refractivity contribution in [2.24, 2.45) is 5.84 Å². The Labute approximate surface area is 109 Å². The van der Waals surface area contributed by atoms with Gasteiger partial charge in [0.25, 0.3) is 0 Å². The number of carboxylic acid groups (broad SMARTS) is 1. The van der Waals surface area contributed by atoms with Crippen LogP contribution in [0.5, 0.6) is 0 Å². The lowest BCUT2D eigenvalue weighted by Crippen LogP contribution is -2.42. The smallest absolute Gasteiger partial charge is 0.358 e. The van der Waals surface area contributed by atoms with E-state index < -0.39 is 12.0 Å². The minimum atomic E-state index is -0.792. The third-order valence-electron chi connectivity index (χ3n) is 3.44. The van der Waals surface area contributed by atoms with Crippen LogP contribution in [0.2, 0.25) is 0 Å². The number of carboxylic acids is 1. The van der Waals surface area contributed by atoms with Crippen LogP contribution in [0.25, 0.3) is 0 Å². The molecule has 7 nitrogen and oxygen atoms in total. The fourth-order valence-electron chi connectivity index (χ4n) is 2.50. The van der Waals surface area contributed by atoms with Gasteiger partial charge in [-0.3, -0.25) is 15.0 Å². The summed E-state index contributed by atoms with van der Waals surface area (Å²) in [5, 5.41) is 20.2. The van der Waals surface area contributed by atoms with Crippen molar-refractivity contribution in [1.82, 2.24) is 10.1 Å². The van der Waals surface area contributed by atoms with Crippen molar-refractivity contribution in [1.29, 1.82) is 0 Å². The van der Waals surface area contributed by atoms with Crippen LogP contribution in [0.1, 0.15) is 25.7 Å². The fourth-order valence-corrected chi connectivity index (χ4v) is 4.13. The topological polar surface area (TPSA) is 107 Å². The third-order valence-corrected chi connectivity index (χ3v) is 4.92. The highest BCUT2D eigenvalue weighted by Crippen LogP contribution is 2.39. The molecule has 2 amide bonds. The Morgan fingerprint density at radius 1 is 1.50 bits per heavy atom. The first-order valence-corrected chi connectivity index (χ1v) is 6.96. The molecule has 2 aliphatic heterocycles. The lowest BCUT2D eigenvalue weighted by molar-refractivity contribution is -0.137. The number of nitrogens with zero attached hydrogens (tertiary/aromatic N) is 2. The molecule has 0 saturated carbocycles. The van der Waals surface area contributed by atoms with Gasteiger partial charge in [-0.2, -0.15) is 16.8 Å². The number of rotatable bonds is 5.